The van der Waals surface area contributed by atoms with Gasteiger partial charge in [0.1, 0.15) is 0 Å². The van der Waals surface area contributed by atoms with E-state index in [1.54, 1.807) is 0 Å². The predicted octanol–water partition coefficient (Wildman–Crippen LogP) is 1.84. The van der Waals surface area contributed by atoms with Crippen molar-refractivity contribution in [2.75, 3.05) is 0 Å². The molecule has 1 aliphatic carbocycles. The summed E-state index contributed by atoms with van der Waals surface area (Å²) >= 11 is 0. The highest BCUT2D eigenvalue weighted by Crippen LogP contribution is 2.26. The average Bonchev–Trinajstić information content (AvgIpc) is 2.14. The lowest BCUT2D eigenvalue weighted by Gasteiger charge is -2.05. The van der Waals surface area contributed by atoms with E-state index in [9.17, 15) is 0 Å². The summed E-state index contributed by atoms with van der Waals surface area (Å²) in [5.74, 6) is 0.510. The zero-order chi connectivity index (χ0) is 7.56. The van der Waals surface area contributed by atoms with Crippen LogP contribution in [0.4, 0.5) is 0 Å². The summed E-state index contributed by atoms with van der Waals surface area (Å²) in [7, 11) is 0. The van der Waals surface area contributed by atoms with Gasteiger partial charge in [0.15, 0.2) is 0 Å². The molecule has 1 aliphatic rings. The summed E-state index contributed by atoms with van der Waals surface area (Å²) in [6.45, 7) is 2.09. The van der Waals surface area contributed by atoms with E-state index in [4.69, 9.17) is 11.3 Å². The van der Waals surface area contributed by atoms with Crippen molar-refractivity contribution in [3.8, 4) is 0 Å². The van der Waals surface area contributed by atoms with Crippen molar-refractivity contribution in [3.63, 3.8) is 0 Å². The summed E-state index contributed by atoms with van der Waals surface area (Å²) in [6.07, 6.45) is 1.80. The second kappa shape index (κ2) is 4.44. The van der Waals surface area contributed by atoms with Crippen molar-refractivity contribution in [1.29, 1.82) is 0 Å². The first-order valence-corrected chi connectivity index (χ1v) is 3.54. The van der Waals surface area contributed by atoms with Gasteiger partial charge in [-0.05, 0) is 24.3 Å². The lowest BCUT2D eigenvalue weighted by molar-refractivity contribution is 0.526. The van der Waals surface area contributed by atoms with Gasteiger partial charge in [-0.1, -0.05) is 12.0 Å². The zero-order valence-corrected chi connectivity index (χ0v) is 7.29. The molecule has 0 spiro atoms. The molecule has 1 saturated carbocycles. The average molecular weight is 177 g/mol. The molecule has 0 aromatic heterocycles. The van der Waals surface area contributed by atoms with Crippen LogP contribution in [0.3, 0.4) is 0 Å². The van der Waals surface area contributed by atoms with Gasteiger partial charge in [-0.15, -0.1) is 12.4 Å². The fraction of sp³-hybridized carbons (Fsp3) is 1.00. The zero-order valence-electron chi connectivity index (χ0n) is 6.47. The van der Waals surface area contributed by atoms with Gasteiger partial charge < -0.3 is 5.73 Å². The third kappa shape index (κ3) is 2.58. The van der Waals surface area contributed by atoms with Gasteiger partial charge in [-0.3, -0.25) is 0 Å². The molecule has 1 fully saturated rings. The summed E-state index contributed by atoms with van der Waals surface area (Å²) in [5.41, 5.74) is 13.8. The maximum Gasteiger partial charge on any atom is 0.0392 e. The van der Waals surface area contributed by atoms with Crippen molar-refractivity contribution in [2.45, 2.75) is 31.8 Å². The quantitative estimate of drug-likeness (QED) is 0.370. The summed E-state index contributed by atoms with van der Waals surface area (Å²) in [4.78, 5) is 2.76. The first-order chi connectivity index (χ1) is 4.74. The van der Waals surface area contributed by atoms with Gasteiger partial charge in [0.05, 0.1) is 0 Å². The normalized spacial score (nSPS) is 35.6. The summed E-state index contributed by atoms with van der Waals surface area (Å²) in [6, 6.07) is 0.380. The highest BCUT2D eigenvalue weighted by atomic mass is 35.5. The molecule has 0 radical (unpaired) electrons. The maximum absolute atomic E-state index is 8.12. The van der Waals surface area contributed by atoms with Crippen molar-refractivity contribution in [2.24, 2.45) is 16.8 Å². The number of halogens is 1. The van der Waals surface area contributed by atoms with Crippen molar-refractivity contribution >= 4 is 12.4 Å². The second-order valence-corrected chi connectivity index (χ2v) is 2.97. The van der Waals surface area contributed by atoms with Crippen LogP contribution in [0.25, 0.3) is 10.4 Å². The topological polar surface area (TPSA) is 74.8 Å². The van der Waals surface area contributed by atoms with Gasteiger partial charge in [0.25, 0.3) is 0 Å². The molecule has 0 saturated heterocycles. The first-order valence-electron chi connectivity index (χ1n) is 3.54. The molecule has 2 N–H and O–H groups in total. The Morgan fingerprint density at radius 3 is 2.55 bits per heavy atom. The molecular formula is C6H13ClN4. The van der Waals surface area contributed by atoms with Gasteiger partial charge in [-0.2, -0.15) is 0 Å². The number of hydrogen-bond donors (Lipinski definition) is 1. The van der Waals surface area contributed by atoms with Crippen LogP contribution < -0.4 is 5.73 Å². The largest absolute Gasteiger partial charge is 0.327 e. The minimum atomic E-state index is 0. The molecule has 0 bridgehead atoms. The van der Waals surface area contributed by atoms with Gasteiger partial charge in [0.2, 0.25) is 0 Å². The molecule has 5 heteroatoms. The molecule has 64 valence electrons. The van der Waals surface area contributed by atoms with Crippen LogP contribution in [0.1, 0.15) is 19.8 Å². The molecule has 1 rings (SSSR count). The molecule has 0 aliphatic heterocycles. The Balaban J connectivity index is 0.000001000. The Morgan fingerprint density at radius 1 is 1.55 bits per heavy atom. The number of rotatable bonds is 1. The number of azide groups is 1. The SMILES string of the molecule is CC1CC(N=[N+]=[N-])CC1N.Cl. The van der Waals surface area contributed by atoms with Crippen molar-refractivity contribution < 1.29 is 0 Å². The monoisotopic (exact) mass is 176 g/mol. The summed E-state index contributed by atoms with van der Waals surface area (Å²) < 4.78 is 0. The van der Waals surface area contributed by atoms with Crippen LogP contribution in [0.2, 0.25) is 0 Å². The number of hydrogen-bond acceptors (Lipinski definition) is 2. The Bertz CT molecular complexity index is 156. The fourth-order valence-corrected chi connectivity index (χ4v) is 1.41. The van der Waals surface area contributed by atoms with Gasteiger partial charge in [0, 0.05) is 17.0 Å². The summed E-state index contributed by atoms with van der Waals surface area (Å²) in [5, 5.41) is 3.62. The molecular weight excluding hydrogens is 164 g/mol. The maximum atomic E-state index is 8.12. The minimum Gasteiger partial charge on any atom is -0.327 e. The van der Waals surface area contributed by atoms with Gasteiger partial charge in [-0.25, -0.2) is 0 Å². The fourth-order valence-electron chi connectivity index (χ4n) is 1.41. The lowest BCUT2D eigenvalue weighted by Crippen LogP contribution is -2.22. The second-order valence-electron chi connectivity index (χ2n) is 2.97. The molecule has 11 heavy (non-hydrogen) atoms. The number of nitrogens with zero attached hydrogens (tertiary/aromatic N) is 3. The van der Waals surface area contributed by atoms with Crippen molar-refractivity contribution in [1.82, 2.24) is 0 Å². The van der Waals surface area contributed by atoms with E-state index >= 15 is 0 Å². The van der Waals surface area contributed by atoms with E-state index in [1.807, 2.05) is 0 Å². The molecule has 4 nitrogen and oxygen atoms in total. The first kappa shape index (κ1) is 10.6. The minimum absolute atomic E-state index is 0. The van der Waals surface area contributed by atoms with E-state index in [1.165, 1.54) is 0 Å². The molecule has 3 atom stereocenters. The van der Waals surface area contributed by atoms with E-state index in [0.29, 0.717) is 5.92 Å². The number of nitrogens with two attached hydrogens (primary N) is 1. The molecule has 0 amide bonds. The van der Waals surface area contributed by atoms with Crippen LogP contribution in [0.15, 0.2) is 5.11 Å². The van der Waals surface area contributed by atoms with Crippen molar-refractivity contribution in [3.05, 3.63) is 10.4 Å². The molecule has 3 unspecified atom stereocenters. The Kier molecular flexibility index (Phi) is 4.26. The van der Waals surface area contributed by atoms with Gasteiger partial charge >= 0.3 is 0 Å². The van der Waals surface area contributed by atoms with E-state index in [2.05, 4.69) is 16.9 Å². The van der Waals surface area contributed by atoms with E-state index < -0.39 is 0 Å². The highest BCUT2D eigenvalue weighted by Gasteiger charge is 2.27. The Labute approximate surface area is 72.2 Å². The van der Waals surface area contributed by atoms with E-state index in [-0.39, 0.29) is 24.5 Å². The molecule has 0 aromatic carbocycles. The third-order valence-corrected chi connectivity index (χ3v) is 2.13. The highest BCUT2D eigenvalue weighted by molar-refractivity contribution is 5.85. The Hall–Kier alpha value is -0.440. The smallest absolute Gasteiger partial charge is 0.0392 e. The predicted molar refractivity (Wildman–Crippen MR) is 46.6 cm³/mol. The Morgan fingerprint density at radius 2 is 2.18 bits per heavy atom. The van der Waals surface area contributed by atoms with E-state index in [0.717, 1.165) is 12.8 Å². The van der Waals surface area contributed by atoms with Crippen LogP contribution in [-0.2, 0) is 0 Å². The lowest BCUT2D eigenvalue weighted by atomic mass is 10.1. The van der Waals surface area contributed by atoms with Crippen LogP contribution in [0.5, 0.6) is 0 Å². The molecule has 0 heterocycles. The standard InChI is InChI=1S/C6H12N4.ClH/c1-4-2-5(9-10-8)3-6(4)7;/h4-6H,2-3,7H2,1H3;1H. The van der Waals surface area contributed by atoms with Crippen LogP contribution in [0, 0.1) is 5.92 Å². The van der Waals surface area contributed by atoms with Crippen LogP contribution >= 0.6 is 12.4 Å². The molecule has 0 aromatic rings. The van der Waals surface area contributed by atoms with Crippen LogP contribution in [-0.4, -0.2) is 12.1 Å². The third-order valence-electron chi connectivity index (χ3n) is 2.13.